The van der Waals surface area contributed by atoms with Gasteiger partial charge in [0.1, 0.15) is 0 Å². The zero-order valence-corrected chi connectivity index (χ0v) is 18.4. The number of amides is 1. The van der Waals surface area contributed by atoms with Crippen LogP contribution in [0.3, 0.4) is 0 Å². The molecule has 3 aliphatic rings. The van der Waals surface area contributed by atoms with Crippen LogP contribution in [0.1, 0.15) is 44.2 Å². The predicted octanol–water partition coefficient (Wildman–Crippen LogP) is 1.39. The topological polar surface area (TPSA) is 88.7 Å². The number of nitrogens with one attached hydrogen (secondary N) is 4. The zero-order valence-electron chi connectivity index (χ0n) is 17.7. The molecule has 166 valence electrons. The number of rotatable bonds is 6. The smallest absolute Gasteiger partial charge is 0.226 e. The SMILES string of the molecule is CC1(C(=O)N[C@@H](CCO)c2ccc(Cl)cc2)CCN(C2NCNC3NCCC32)CC1. The fraction of sp³-hybridized carbons (Fsp3) is 0.682. The molecule has 3 saturated heterocycles. The fourth-order valence-corrected chi connectivity index (χ4v) is 5.24. The third kappa shape index (κ3) is 4.66. The molecule has 5 N–H and O–H groups in total. The highest BCUT2D eigenvalue weighted by Crippen LogP contribution is 2.35. The van der Waals surface area contributed by atoms with E-state index < -0.39 is 5.41 Å². The van der Waals surface area contributed by atoms with Gasteiger partial charge >= 0.3 is 0 Å². The summed E-state index contributed by atoms with van der Waals surface area (Å²) in [6, 6.07) is 7.28. The van der Waals surface area contributed by atoms with E-state index in [2.05, 4.69) is 33.1 Å². The number of carbonyl (C=O) groups is 1. The summed E-state index contributed by atoms with van der Waals surface area (Å²) in [5, 5.41) is 24.0. The standard InChI is InChI=1S/C22H34ClN5O2/c1-22(21(30)27-18(7-13-29)15-2-4-16(23)5-3-15)8-11-28(12-9-22)20-17-6-10-24-19(17)25-14-26-20/h2-5,17-20,24-26,29H,6-14H2,1H3,(H,27,30)/t17?,18-,19?,20?/m0/s1. The molecule has 0 spiro atoms. The average molecular weight is 436 g/mol. The van der Waals surface area contributed by atoms with E-state index in [4.69, 9.17) is 11.6 Å². The van der Waals surface area contributed by atoms with E-state index in [1.807, 2.05) is 24.3 Å². The van der Waals surface area contributed by atoms with E-state index in [-0.39, 0.29) is 18.6 Å². The molecule has 4 atom stereocenters. The number of aliphatic hydroxyl groups excluding tert-OH is 1. The van der Waals surface area contributed by atoms with Crippen molar-refractivity contribution in [1.29, 1.82) is 0 Å². The lowest BCUT2D eigenvalue weighted by molar-refractivity contribution is -0.134. The molecule has 3 unspecified atom stereocenters. The molecule has 0 saturated carbocycles. The van der Waals surface area contributed by atoms with Crippen LogP contribution in [0.5, 0.6) is 0 Å². The van der Waals surface area contributed by atoms with E-state index in [0.717, 1.165) is 44.7 Å². The van der Waals surface area contributed by atoms with Crippen LogP contribution in [-0.2, 0) is 4.79 Å². The summed E-state index contributed by atoms with van der Waals surface area (Å²) in [6.07, 6.45) is 4.10. The maximum absolute atomic E-state index is 13.2. The molecular formula is C22H34ClN5O2. The Kier molecular flexibility index (Phi) is 6.97. The highest BCUT2D eigenvalue weighted by atomic mass is 35.5. The molecule has 1 aromatic carbocycles. The minimum Gasteiger partial charge on any atom is -0.396 e. The highest BCUT2D eigenvalue weighted by Gasteiger charge is 2.43. The molecule has 3 aliphatic heterocycles. The summed E-state index contributed by atoms with van der Waals surface area (Å²) in [4.78, 5) is 15.8. The minimum absolute atomic E-state index is 0.0238. The van der Waals surface area contributed by atoms with E-state index in [1.165, 1.54) is 6.42 Å². The first-order valence-corrected chi connectivity index (χ1v) is 11.5. The van der Waals surface area contributed by atoms with Crippen LogP contribution in [0.2, 0.25) is 5.02 Å². The van der Waals surface area contributed by atoms with Crippen molar-refractivity contribution in [3.05, 3.63) is 34.9 Å². The van der Waals surface area contributed by atoms with Crippen molar-refractivity contribution in [1.82, 2.24) is 26.2 Å². The number of aliphatic hydroxyl groups is 1. The van der Waals surface area contributed by atoms with Crippen molar-refractivity contribution in [3.8, 4) is 0 Å². The number of carbonyl (C=O) groups excluding carboxylic acids is 1. The average Bonchev–Trinajstić information content (AvgIpc) is 3.24. The van der Waals surface area contributed by atoms with Crippen molar-refractivity contribution in [3.63, 3.8) is 0 Å². The molecule has 4 rings (SSSR count). The monoisotopic (exact) mass is 435 g/mol. The van der Waals surface area contributed by atoms with Gasteiger partial charge in [0.05, 0.1) is 18.4 Å². The summed E-state index contributed by atoms with van der Waals surface area (Å²) < 4.78 is 0. The van der Waals surface area contributed by atoms with Crippen LogP contribution in [0.15, 0.2) is 24.3 Å². The Morgan fingerprint density at radius 2 is 2.00 bits per heavy atom. The summed E-state index contributed by atoms with van der Waals surface area (Å²) in [5.74, 6) is 0.644. The predicted molar refractivity (Wildman–Crippen MR) is 118 cm³/mol. The first-order chi connectivity index (χ1) is 14.5. The number of fused-ring (bicyclic) bond motifs is 1. The molecule has 0 aliphatic carbocycles. The van der Waals surface area contributed by atoms with Crippen molar-refractivity contribution in [2.75, 3.05) is 32.9 Å². The van der Waals surface area contributed by atoms with Gasteiger partial charge < -0.3 is 15.7 Å². The zero-order chi connectivity index (χ0) is 21.1. The van der Waals surface area contributed by atoms with Gasteiger partial charge in [-0.2, -0.15) is 0 Å². The number of benzene rings is 1. The molecule has 0 radical (unpaired) electrons. The number of halogens is 1. The Balaban J connectivity index is 1.36. The van der Waals surface area contributed by atoms with Gasteiger partial charge in [-0.15, -0.1) is 0 Å². The Bertz CT molecular complexity index is 723. The third-order valence-corrected chi connectivity index (χ3v) is 7.40. The molecule has 3 fully saturated rings. The number of nitrogens with zero attached hydrogens (tertiary/aromatic N) is 1. The maximum Gasteiger partial charge on any atom is 0.226 e. The van der Waals surface area contributed by atoms with E-state index >= 15 is 0 Å². The third-order valence-electron chi connectivity index (χ3n) is 7.15. The molecule has 8 heteroatoms. The molecule has 0 aromatic heterocycles. The van der Waals surface area contributed by atoms with Crippen LogP contribution in [-0.4, -0.2) is 61.2 Å². The van der Waals surface area contributed by atoms with Crippen molar-refractivity contribution < 1.29 is 9.90 Å². The van der Waals surface area contributed by atoms with Crippen LogP contribution >= 0.6 is 11.6 Å². The Morgan fingerprint density at radius 3 is 2.70 bits per heavy atom. The molecule has 1 aromatic rings. The van der Waals surface area contributed by atoms with Crippen LogP contribution < -0.4 is 21.3 Å². The van der Waals surface area contributed by atoms with Crippen LogP contribution in [0.4, 0.5) is 0 Å². The minimum atomic E-state index is -0.392. The van der Waals surface area contributed by atoms with Gasteiger partial charge in [0.2, 0.25) is 5.91 Å². The summed E-state index contributed by atoms with van der Waals surface area (Å²) in [5.41, 5.74) is 0.582. The summed E-state index contributed by atoms with van der Waals surface area (Å²) in [7, 11) is 0. The molecule has 0 bridgehead atoms. The summed E-state index contributed by atoms with van der Waals surface area (Å²) in [6.45, 7) is 5.80. The van der Waals surface area contributed by atoms with Gasteiger partial charge in [-0.05, 0) is 49.9 Å². The molecule has 3 heterocycles. The van der Waals surface area contributed by atoms with E-state index in [1.54, 1.807) is 0 Å². The molecule has 1 amide bonds. The second-order valence-corrected chi connectivity index (χ2v) is 9.54. The van der Waals surface area contributed by atoms with Crippen molar-refractivity contribution in [2.45, 2.75) is 51.0 Å². The van der Waals surface area contributed by atoms with Crippen molar-refractivity contribution in [2.24, 2.45) is 11.3 Å². The Labute approximate surface area is 183 Å². The molecule has 30 heavy (non-hydrogen) atoms. The van der Waals surface area contributed by atoms with Crippen molar-refractivity contribution >= 4 is 17.5 Å². The van der Waals surface area contributed by atoms with Gasteiger partial charge in [-0.25, -0.2) is 0 Å². The van der Waals surface area contributed by atoms with E-state index in [0.29, 0.717) is 29.7 Å². The normalized spacial score (nSPS) is 29.9. The molecule has 7 nitrogen and oxygen atoms in total. The maximum atomic E-state index is 13.2. The Hall–Kier alpha value is -1.22. The van der Waals surface area contributed by atoms with Gasteiger partial charge in [-0.3, -0.25) is 20.3 Å². The van der Waals surface area contributed by atoms with Gasteiger partial charge in [0, 0.05) is 42.7 Å². The van der Waals surface area contributed by atoms with Gasteiger partial charge in [-0.1, -0.05) is 30.7 Å². The van der Waals surface area contributed by atoms with Gasteiger partial charge in [0.25, 0.3) is 0 Å². The Morgan fingerprint density at radius 1 is 1.27 bits per heavy atom. The summed E-state index contributed by atoms with van der Waals surface area (Å²) >= 11 is 6.00. The number of likely N-dealkylation sites (tertiary alicyclic amines) is 1. The largest absolute Gasteiger partial charge is 0.396 e. The lowest BCUT2D eigenvalue weighted by Crippen LogP contribution is -2.65. The van der Waals surface area contributed by atoms with Gasteiger partial charge in [0.15, 0.2) is 0 Å². The van der Waals surface area contributed by atoms with Crippen LogP contribution in [0.25, 0.3) is 0 Å². The first-order valence-electron chi connectivity index (χ1n) is 11.1. The quantitative estimate of drug-likeness (QED) is 0.464. The van der Waals surface area contributed by atoms with Crippen LogP contribution in [0, 0.1) is 11.3 Å². The lowest BCUT2D eigenvalue weighted by Gasteiger charge is -2.47. The number of hydrogen-bond acceptors (Lipinski definition) is 6. The number of piperidine rings is 1. The first kappa shape index (κ1) is 22.0. The second kappa shape index (κ2) is 9.51. The fourth-order valence-electron chi connectivity index (χ4n) is 5.11. The second-order valence-electron chi connectivity index (χ2n) is 9.10. The van der Waals surface area contributed by atoms with E-state index in [9.17, 15) is 9.90 Å². The lowest BCUT2D eigenvalue weighted by atomic mass is 9.78. The number of hydrogen-bond donors (Lipinski definition) is 5. The molecular weight excluding hydrogens is 402 g/mol. The highest BCUT2D eigenvalue weighted by molar-refractivity contribution is 6.30.